The van der Waals surface area contributed by atoms with E-state index in [1.807, 2.05) is 0 Å². The van der Waals surface area contributed by atoms with Crippen LogP contribution < -0.4 is 10.6 Å². The first-order valence-electron chi connectivity index (χ1n) is 7.48. The largest absolute Gasteiger partial charge is 0.339 e. The van der Waals surface area contributed by atoms with Crippen molar-refractivity contribution in [3.05, 3.63) is 69.0 Å². The second kappa shape index (κ2) is 6.37. The van der Waals surface area contributed by atoms with Crippen LogP contribution in [0, 0.1) is 0 Å². The molecular weight excluding hydrogens is 430 g/mol. The normalized spacial score (nSPS) is 14.9. The summed E-state index contributed by atoms with van der Waals surface area (Å²) in [6.07, 6.45) is 3.41. The summed E-state index contributed by atoms with van der Waals surface area (Å²) in [5.41, 5.74) is 1.55. The number of anilines is 2. The van der Waals surface area contributed by atoms with Crippen LogP contribution in [-0.4, -0.2) is 22.1 Å². The summed E-state index contributed by atoms with van der Waals surface area (Å²) < 4.78 is 28.6. The van der Waals surface area contributed by atoms with Gasteiger partial charge in [-0.2, -0.15) is 5.10 Å². The Kier molecular flexibility index (Phi) is 4.16. The Morgan fingerprint density at radius 3 is 2.77 bits per heavy atom. The third-order valence-electron chi connectivity index (χ3n) is 3.85. The van der Waals surface area contributed by atoms with Gasteiger partial charge in [0, 0.05) is 10.2 Å². The maximum absolute atomic E-state index is 13.4. The third-order valence-corrected chi connectivity index (χ3v) is 4.66. The highest BCUT2D eigenvalue weighted by molar-refractivity contribution is 9.10. The van der Waals surface area contributed by atoms with E-state index < -0.39 is 12.3 Å². The molecule has 2 aliphatic rings. The maximum atomic E-state index is 13.4. The second-order valence-corrected chi connectivity index (χ2v) is 6.92. The molecule has 1 aliphatic heterocycles. The number of aromatic nitrogens is 2. The number of benzene rings is 1. The molecule has 4 rings (SSSR count). The molecule has 0 saturated carbocycles. The van der Waals surface area contributed by atoms with E-state index in [1.54, 1.807) is 30.4 Å². The highest BCUT2D eigenvalue weighted by Gasteiger charge is 2.29. The highest BCUT2D eigenvalue weighted by Crippen LogP contribution is 2.34. The van der Waals surface area contributed by atoms with Crippen molar-refractivity contribution in [1.82, 2.24) is 9.78 Å². The molecule has 26 heavy (non-hydrogen) atoms. The molecule has 2 aromatic rings. The quantitative estimate of drug-likeness (QED) is 0.715. The molecule has 132 valence electrons. The zero-order valence-electron chi connectivity index (χ0n) is 12.9. The van der Waals surface area contributed by atoms with Crippen LogP contribution in [0.15, 0.2) is 58.4 Å². The topological polar surface area (TPSA) is 59.0 Å². The number of carbonyl (C=O) groups is 1. The van der Waals surface area contributed by atoms with Crippen LogP contribution in [0.2, 0.25) is 5.02 Å². The van der Waals surface area contributed by atoms with Crippen molar-refractivity contribution in [2.75, 3.05) is 10.6 Å². The Bertz CT molecular complexity index is 1020. The first-order chi connectivity index (χ1) is 12.4. The third kappa shape index (κ3) is 3.06. The van der Waals surface area contributed by atoms with Crippen molar-refractivity contribution in [2.45, 2.75) is 6.43 Å². The number of hydrogen-bond acceptors (Lipinski definition) is 3. The molecule has 1 aromatic carbocycles. The molecule has 0 spiro atoms. The van der Waals surface area contributed by atoms with Gasteiger partial charge in [0.1, 0.15) is 17.1 Å². The summed E-state index contributed by atoms with van der Waals surface area (Å²) in [4.78, 5) is 12.6. The number of amides is 1. The van der Waals surface area contributed by atoms with Crippen molar-refractivity contribution < 1.29 is 13.6 Å². The minimum Gasteiger partial charge on any atom is -0.339 e. The monoisotopic (exact) mass is 438 g/mol. The van der Waals surface area contributed by atoms with Crippen LogP contribution >= 0.6 is 27.5 Å². The zero-order valence-corrected chi connectivity index (χ0v) is 15.3. The van der Waals surface area contributed by atoms with Crippen molar-refractivity contribution in [1.29, 1.82) is 0 Å². The van der Waals surface area contributed by atoms with Gasteiger partial charge in [0.25, 0.3) is 12.3 Å². The second-order valence-electron chi connectivity index (χ2n) is 5.59. The summed E-state index contributed by atoms with van der Waals surface area (Å²) in [6, 6.07) is 5.01. The lowest BCUT2D eigenvalue weighted by Crippen LogP contribution is -2.20. The summed E-state index contributed by atoms with van der Waals surface area (Å²) in [6.45, 7) is 0. The molecule has 0 fully saturated rings. The number of nitrogens with zero attached hydrogens (tertiary/aromatic N) is 2. The van der Waals surface area contributed by atoms with Crippen molar-refractivity contribution in [3.63, 3.8) is 0 Å². The van der Waals surface area contributed by atoms with Gasteiger partial charge in [0.2, 0.25) is 0 Å². The molecule has 9 heteroatoms. The van der Waals surface area contributed by atoms with Gasteiger partial charge in [0.05, 0.1) is 16.9 Å². The Hall–Kier alpha value is -2.45. The molecule has 1 amide bonds. The molecule has 5 nitrogen and oxygen atoms in total. The summed E-state index contributed by atoms with van der Waals surface area (Å²) in [5.74, 6) is -0.323. The molecule has 2 N–H and O–H groups in total. The molecular formula is C17H10BrClF2N4O. The van der Waals surface area contributed by atoms with Crippen LogP contribution in [0.1, 0.15) is 10.4 Å². The van der Waals surface area contributed by atoms with E-state index in [0.29, 0.717) is 16.4 Å². The van der Waals surface area contributed by atoms with E-state index in [9.17, 15) is 13.6 Å². The van der Waals surface area contributed by atoms with E-state index in [0.717, 1.165) is 14.7 Å². The minimum absolute atomic E-state index is 0.133. The van der Waals surface area contributed by atoms with Gasteiger partial charge in [-0.15, -0.1) is 0 Å². The van der Waals surface area contributed by atoms with Crippen molar-refractivity contribution in [3.8, 4) is 0 Å². The van der Waals surface area contributed by atoms with Crippen molar-refractivity contribution >= 4 is 50.6 Å². The predicted octanol–water partition coefficient (Wildman–Crippen LogP) is 4.91. The fourth-order valence-corrected chi connectivity index (χ4v) is 3.24. The van der Waals surface area contributed by atoms with Crippen LogP contribution in [0.4, 0.5) is 20.3 Å². The van der Waals surface area contributed by atoms with Crippen LogP contribution in [0.5, 0.6) is 0 Å². The van der Waals surface area contributed by atoms with Gasteiger partial charge < -0.3 is 10.6 Å². The van der Waals surface area contributed by atoms with E-state index in [1.165, 1.54) is 12.3 Å². The van der Waals surface area contributed by atoms with Gasteiger partial charge in [-0.3, -0.25) is 4.79 Å². The average molecular weight is 440 g/mol. The number of halogens is 4. The predicted molar refractivity (Wildman–Crippen MR) is 99.4 cm³/mol. The van der Waals surface area contributed by atoms with Crippen LogP contribution in [0.3, 0.4) is 0 Å². The Morgan fingerprint density at radius 2 is 2.12 bits per heavy atom. The number of allylic oxidation sites excluding steroid dienone is 5. The van der Waals surface area contributed by atoms with Gasteiger partial charge in [0.15, 0.2) is 0 Å². The number of fused-ring (bicyclic) bond motifs is 1. The standard InChI is InChI=1S/C17H10BrClF2N4O/c18-9-3-4-12(11(19)5-9)24-17(26)10-7-22-25-14(15(20)21)6-13(8-1-2-8)23-16(10)25/h1-7,15,23H,(H,24,26). The first-order valence-corrected chi connectivity index (χ1v) is 8.65. The highest BCUT2D eigenvalue weighted by atomic mass is 79.9. The molecule has 0 radical (unpaired) electrons. The molecule has 1 aliphatic carbocycles. The van der Waals surface area contributed by atoms with Crippen LogP contribution in [-0.2, 0) is 0 Å². The SMILES string of the molecule is O=C(Nc1ccc(Br)cc1Cl)c1cnn2c1NC(=C1C=C1)C=C2C(F)F. The van der Waals surface area contributed by atoms with Gasteiger partial charge in [-0.25, -0.2) is 13.5 Å². The van der Waals surface area contributed by atoms with E-state index in [4.69, 9.17) is 11.6 Å². The fourth-order valence-electron chi connectivity index (χ4n) is 2.52. The summed E-state index contributed by atoms with van der Waals surface area (Å²) in [7, 11) is 0. The number of carbonyl (C=O) groups excluding carboxylic acids is 1. The average Bonchev–Trinajstić information content (AvgIpc) is 3.35. The zero-order chi connectivity index (χ0) is 18.4. The maximum Gasteiger partial charge on any atom is 0.280 e. The molecule has 2 heterocycles. The molecule has 0 bridgehead atoms. The lowest BCUT2D eigenvalue weighted by molar-refractivity contribution is 0.102. The summed E-state index contributed by atoms with van der Waals surface area (Å²) >= 11 is 9.40. The Labute approximate surface area is 160 Å². The van der Waals surface area contributed by atoms with E-state index in [2.05, 4.69) is 31.7 Å². The molecule has 0 atom stereocenters. The summed E-state index contributed by atoms with van der Waals surface area (Å²) in [5, 5.41) is 9.94. The number of nitrogens with one attached hydrogen (secondary N) is 2. The minimum atomic E-state index is -2.73. The van der Waals surface area contributed by atoms with E-state index in [-0.39, 0.29) is 17.1 Å². The van der Waals surface area contributed by atoms with Gasteiger partial charge in [-0.05, 0) is 29.8 Å². The Balaban J connectivity index is 1.68. The number of rotatable bonds is 3. The smallest absolute Gasteiger partial charge is 0.280 e. The fraction of sp³-hybridized carbons (Fsp3) is 0.0588. The molecule has 0 saturated heterocycles. The number of hydrogen-bond donors (Lipinski definition) is 2. The van der Waals surface area contributed by atoms with Crippen LogP contribution in [0.25, 0.3) is 5.70 Å². The molecule has 1 aromatic heterocycles. The first kappa shape index (κ1) is 17.0. The Morgan fingerprint density at radius 1 is 1.35 bits per heavy atom. The van der Waals surface area contributed by atoms with Gasteiger partial charge in [-0.1, -0.05) is 39.7 Å². The lowest BCUT2D eigenvalue weighted by Gasteiger charge is -2.20. The van der Waals surface area contributed by atoms with E-state index >= 15 is 0 Å². The lowest BCUT2D eigenvalue weighted by atomic mass is 10.2. The van der Waals surface area contributed by atoms with Gasteiger partial charge >= 0.3 is 0 Å². The molecule has 0 unspecified atom stereocenters. The van der Waals surface area contributed by atoms with Crippen molar-refractivity contribution in [2.24, 2.45) is 0 Å². The number of alkyl halides is 2.